The molecule has 1 aromatic carbocycles. The highest BCUT2D eigenvalue weighted by Gasteiger charge is 2.29. The molecule has 5 heteroatoms. The molecule has 0 bridgehead atoms. The summed E-state index contributed by atoms with van der Waals surface area (Å²) >= 11 is 0. The molecule has 0 radical (unpaired) electrons. The zero-order valence-electron chi connectivity index (χ0n) is 15.5. The van der Waals surface area contributed by atoms with Crippen molar-refractivity contribution in [3.05, 3.63) is 47.3 Å². The van der Waals surface area contributed by atoms with Crippen LogP contribution in [0.5, 0.6) is 0 Å². The monoisotopic (exact) mass is 341 g/mol. The molecule has 25 heavy (non-hydrogen) atoms. The fourth-order valence-electron chi connectivity index (χ4n) is 3.41. The molecule has 1 unspecified atom stereocenters. The van der Waals surface area contributed by atoms with Crippen LogP contribution in [0.2, 0.25) is 0 Å². The van der Waals surface area contributed by atoms with Crippen molar-refractivity contribution in [3.63, 3.8) is 0 Å². The van der Waals surface area contributed by atoms with E-state index in [9.17, 15) is 4.79 Å². The fourth-order valence-corrected chi connectivity index (χ4v) is 3.41. The molecule has 1 aromatic heterocycles. The van der Waals surface area contributed by atoms with Crippen molar-refractivity contribution in [1.82, 2.24) is 15.1 Å². The molecule has 1 amide bonds. The molecule has 1 N–H and O–H groups in total. The highest BCUT2D eigenvalue weighted by atomic mass is 16.5. The summed E-state index contributed by atoms with van der Waals surface area (Å²) in [6.45, 7) is 6.80. The Labute approximate surface area is 149 Å². The lowest BCUT2D eigenvalue weighted by molar-refractivity contribution is 0.0175. The fraction of sp³-hybridized carbons (Fsp3) is 0.500. The van der Waals surface area contributed by atoms with E-state index < -0.39 is 0 Å². The molecule has 0 saturated heterocycles. The number of aromatic nitrogens is 2. The lowest BCUT2D eigenvalue weighted by Gasteiger charge is -2.29. The lowest BCUT2D eigenvalue weighted by Crippen LogP contribution is -2.40. The van der Waals surface area contributed by atoms with Crippen LogP contribution in [0, 0.1) is 5.41 Å². The van der Waals surface area contributed by atoms with Gasteiger partial charge in [0.25, 0.3) is 5.91 Å². The standard InChI is InChI=1S/C20H27N3O2/c1-20(2,3)17(25-4)13-21-19(24)18-15-11-8-12-16(15)23(22-18)14-9-6-5-7-10-14/h5-7,9-10,17H,8,11-13H2,1-4H3,(H,21,24). The van der Waals surface area contributed by atoms with Crippen molar-refractivity contribution < 1.29 is 9.53 Å². The van der Waals surface area contributed by atoms with Gasteiger partial charge in [0.1, 0.15) is 0 Å². The van der Waals surface area contributed by atoms with E-state index in [1.54, 1.807) is 7.11 Å². The minimum Gasteiger partial charge on any atom is -0.379 e. The number of para-hydroxylation sites is 1. The van der Waals surface area contributed by atoms with Crippen LogP contribution in [0.25, 0.3) is 5.69 Å². The van der Waals surface area contributed by atoms with Crippen molar-refractivity contribution in [2.24, 2.45) is 5.41 Å². The van der Waals surface area contributed by atoms with Crippen LogP contribution in [0.15, 0.2) is 30.3 Å². The average Bonchev–Trinajstić information content (AvgIpc) is 3.17. The minimum absolute atomic E-state index is 0.0343. The summed E-state index contributed by atoms with van der Waals surface area (Å²) in [6, 6.07) is 10.0. The summed E-state index contributed by atoms with van der Waals surface area (Å²) in [4.78, 5) is 12.8. The number of rotatable bonds is 5. The highest BCUT2D eigenvalue weighted by molar-refractivity contribution is 5.94. The molecule has 3 rings (SSSR count). The Balaban J connectivity index is 1.82. The molecule has 0 saturated carbocycles. The van der Waals surface area contributed by atoms with E-state index in [0.717, 1.165) is 36.2 Å². The Morgan fingerprint density at radius 3 is 2.64 bits per heavy atom. The van der Waals surface area contributed by atoms with Crippen molar-refractivity contribution in [2.75, 3.05) is 13.7 Å². The molecule has 5 nitrogen and oxygen atoms in total. The molecule has 0 fully saturated rings. The van der Waals surface area contributed by atoms with E-state index in [1.165, 1.54) is 0 Å². The van der Waals surface area contributed by atoms with Gasteiger partial charge < -0.3 is 10.1 Å². The van der Waals surface area contributed by atoms with Gasteiger partial charge in [0.2, 0.25) is 0 Å². The van der Waals surface area contributed by atoms with Crippen LogP contribution in [-0.4, -0.2) is 35.4 Å². The van der Waals surface area contributed by atoms with Crippen LogP contribution in [0.3, 0.4) is 0 Å². The summed E-state index contributed by atoms with van der Waals surface area (Å²) in [5.41, 5.74) is 3.78. The van der Waals surface area contributed by atoms with Gasteiger partial charge in [-0.3, -0.25) is 4.79 Å². The van der Waals surface area contributed by atoms with E-state index in [2.05, 4.69) is 31.2 Å². The van der Waals surface area contributed by atoms with E-state index in [1.807, 2.05) is 35.0 Å². The Morgan fingerprint density at radius 2 is 2.00 bits per heavy atom. The first-order valence-corrected chi connectivity index (χ1v) is 8.89. The van der Waals surface area contributed by atoms with Crippen LogP contribution < -0.4 is 5.32 Å². The number of ether oxygens (including phenoxy) is 1. The highest BCUT2D eigenvalue weighted by Crippen LogP contribution is 2.28. The third-order valence-corrected chi connectivity index (χ3v) is 4.84. The maximum atomic E-state index is 12.8. The van der Waals surface area contributed by atoms with Gasteiger partial charge in [-0.15, -0.1) is 0 Å². The average molecular weight is 341 g/mol. The predicted octanol–water partition coefficient (Wildman–Crippen LogP) is 3.15. The first kappa shape index (κ1) is 17.7. The molecular formula is C20H27N3O2. The zero-order chi connectivity index (χ0) is 18.0. The summed E-state index contributed by atoms with van der Waals surface area (Å²) in [5.74, 6) is -0.112. The van der Waals surface area contributed by atoms with Crippen molar-refractivity contribution in [2.45, 2.75) is 46.1 Å². The summed E-state index contributed by atoms with van der Waals surface area (Å²) < 4.78 is 7.45. The van der Waals surface area contributed by atoms with Gasteiger partial charge in [0.05, 0.1) is 11.8 Å². The van der Waals surface area contributed by atoms with Crippen LogP contribution in [0.4, 0.5) is 0 Å². The maximum absolute atomic E-state index is 12.8. The van der Waals surface area contributed by atoms with E-state index in [4.69, 9.17) is 4.74 Å². The van der Waals surface area contributed by atoms with Crippen LogP contribution in [0.1, 0.15) is 48.9 Å². The summed E-state index contributed by atoms with van der Waals surface area (Å²) in [5, 5.41) is 7.64. The SMILES string of the molecule is COC(CNC(=O)c1nn(-c2ccccc2)c2c1CCC2)C(C)(C)C. The number of fused-ring (bicyclic) bond motifs is 1. The van der Waals surface area contributed by atoms with E-state index in [0.29, 0.717) is 12.2 Å². The third-order valence-electron chi connectivity index (χ3n) is 4.84. The normalized spacial score (nSPS) is 15.0. The molecule has 134 valence electrons. The second kappa shape index (κ2) is 7.00. The molecule has 1 heterocycles. The van der Waals surface area contributed by atoms with Gasteiger partial charge in [-0.2, -0.15) is 5.10 Å². The number of amides is 1. The molecule has 1 aliphatic carbocycles. The Bertz CT molecular complexity index is 744. The van der Waals surface area contributed by atoms with E-state index >= 15 is 0 Å². The minimum atomic E-state index is -0.112. The van der Waals surface area contributed by atoms with Crippen LogP contribution >= 0.6 is 0 Å². The van der Waals surface area contributed by atoms with Crippen molar-refractivity contribution in [1.29, 1.82) is 0 Å². The first-order valence-electron chi connectivity index (χ1n) is 8.89. The second-order valence-electron chi connectivity index (χ2n) is 7.68. The van der Waals surface area contributed by atoms with Crippen molar-refractivity contribution in [3.8, 4) is 5.69 Å². The second-order valence-corrected chi connectivity index (χ2v) is 7.68. The molecule has 0 aliphatic heterocycles. The van der Waals surface area contributed by atoms with Gasteiger partial charge in [-0.25, -0.2) is 4.68 Å². The Morgan fingerprint density at radius 1 is 1.28 bits per heavy atom. The van der Waals surface area contributed by atoms with Crippen LogP contribution in [-0.2, 0) is 17.6 Å². The number of hydrogen-bond acceptors (Lipinski definition) is 3. The molecule has 0 spiro atoms. The quantitative estimate of drug-likeness (QED) is 0.909. The van der Waals surface area contributed by atoms with Gasteiger partial charge in [-0.05, 0) is 36.8 Å². The molecule has 1 atom stereocenters. The van der Waals surface area contributed by atoms with E-state index in [-0.39, 0.29) is 17.4 Å². The number of carbonyl (C=O) groups excluding carboxylic acids is 1. The smallest absolute Gasteiger partial charge is 0.272 e. The Hall–Kier alpha value is -2.14. The Kier molecular flexibility index (Phi) is 4.95. The van der Waals surface area contributed by atoms with Gasteiger partial charge >= 0.3 is 0 Å². The zero-order valence-corrected chi connectivity index (χ0v) is 15.5. The molecule has 2 aromatic rings. The van der Waals surface area contributed by atoms with Crippen molar-refractivity contribution >= 4 is 5.91 Å². The topological polar surface area (TPSA) is 56.1 Å². The number of hydrogen-bond donors (Lipinski definition) is 1. The number of nitrogens with one attached hydrogen (secondary N) is 1. The lowest BCUT2D eigenvalue weighted by atomic mass is 9.89. The molecular weight excluding hydrogens is 314 g/mol. The predicted molar refractivity (Wildman–Crippen MR) is 98.2 cm³/mol. The summed E-state index contributed by atoms with van der Waals surface area (Å²) in [6.07, 6.45) is 2.91. The molecule has 1 aliphatic rings. The van der Waals surface area contributed by atoms with Gasteiger partial charge in [-0.1, -0.05) is 39.0 Å². The van der Waals surface area contributed by atoms with Gasteiger partial charge in [0.15, 0.2) is 5.69 Å². The maximum Gasteiger partial charge on any atom is 0.272 e. The number of benzene rings is 1. The number of methoxy groups -OCH3 is 1. The number of nitrogens with zero attached hydrogens (tertiary/aromatic N) is 2. The van der Waals surface area contributed by atoms with Gasteiger partial charge in [0, 0.05) is 24.9 Å². The number of carbonyl (C=O) groups is 1. The summed E-state index contributed by atoms with van der Waals surface area (Å²) in [7, 11) is 1.68. The third kappa shape index (κ3) is 3.61. The first-order chi connectivity index (χ1) is 11.9. The largest absolute Gasteiger partial charge is 0.379 e.